The molecule has 1 saturated heterocycles. The van der Waals surface area contributed by atoms with Crippen molar-refractivity contribution >= 4 is 17.4 Å². The summed E-state index contributed by atoms with van der Waals surface area (Å²) in [4.78, 5) is 36.3. The van der Waals surface area contributed by atoms with Crippen LogP contribution in [0.15, 0.2) is 24.3 Å². The van der Waals surface area contributed by atoms with Gasteiger partial charge in [-0.25, -0.2) is 9.97 Å². The van der Waals surface area contributed by atoms with Crippen LogP contribution in [0.2, 0.25) is 0 Å². The molecule has 2 aliphatic rings. The van der Waals surface area contributed by atoms with Crippen LogP contribution >= 0.6 is 0 Å². The molecule has 1 aliphatic carbocycles. The van der Waals surface area contributed by atoms with E-state index in [0.717, 1.165) is 60.8 Å². The first-order valence-corrected chi connectivity index (χ1v) is 10.6. The molecule has 0 bridgehead atoms. The van der Waals surface area contributed by atoms with E-state index >= 15 is 0 Å². The van der Waals surface area contributed by atoms with Gasteiger partial charge in [0.2, 0.25) is 5.91 Å². The number of nitro benzene ring substituents is 1. The lowest BCUT2D eigenvalue weighted by atomic mass is 10.0. The molecule has 2 aromatic rings. The van der Waals surface area contributed by atoms with Crippen LogP contribution in [-0.4, -0.2) is 51.9 Å². The van der Waals surface area contributed by atoms with E-state index in [4.69, 9.17) is 9.97 Å². The fourth-order valence-corrected chi connectivity index (χ4v) is 3.97. The summed E-state index contributed by atoms with van der Waals surface area (Å²) >= 11 is 0. The summed E-state index contributed by atoms with van der Waals surface area (Å²) < 4.78 is 0. The number of carbonyl (C=O) groups excluding carboxylic acids is 1. The number of aromatic nitrogens is 2. The Balaban J connectivity index is 1.67. The molecule has 0 unspecified atom stereocenters. The van der Waals surface area contributed by atoms with Gasteiger partial charge in [-0.1, -0.05) is 19.1 Å². The molecule has 2 heterocycles. The summed E-state index contributed by atoms with van der Waals surface area (Å²) in [6.07, 6.45) is 3.73. The van der Waals surface area contributed by atoms with Crippen LogP contribution in [0, 0.1) is 10.1 Å². The molecule has 0 N–H and O–H groups in total. The fraction of sp³-hybridized carbons (Fsp3) is 0.500. The minimum atomic E-state index is -0.380. The van der Waals surface area contributed by atoms with Gasteiger partial charge in [0, 0.05) is 68.8 Å². The number of benzene rings is 1. The van der Waals surface area contributed by atoms with Gasteiger partial charge in [-0.05, 0) is 24.8 Å². The highest BCUT2D eigenvalue weighted by Crippen LogP contribution is 2.40. The monoisotopic (exact) mass is 409 g/mol. The van der Waals surface area contributed by atoms with Crippen LogP contribution < -0.4 is 4.90 Å². The average Bonchev–Trinajstić information content (AvgIpc) is 3.59. The van der Waals surface area contributed by atoms with Crippen molar-refractivity contribution in [3.63, 3.8) is 0 Å². The third-order valence-electron chi connectivity index (χ3n) is 5.92. The standard InChI is InChI=1S/C22H27N5O3/c1-3-20-19(14-16-4-8-18(9-5-16)27(29)30)22(24-21(23-20)17-6-7-17)26-12-10-25(11-13-26)15(2)28/h4-5,8-9,17H,3,6-7,10-14H2,1-2H3. The second-order valence-corrected chi connectivity index (χ2v) is 8.05. The number of piperazine rings is 1. The van der Waals surface area contributed by atoms with Crippen molar-refractivity contribution in [2.45, 2.75) is 45.4 Å². The van der Waals surface area contributed by atoms with E-state index in [0.29, 0.717) is 25.4 Å². The predicted molar refractivity (Wildman–Crippen MR) is 114 cm³/mol. The van der Waals surface area contributed by atoms with Crippen molar-refractivity contribution in [2.24, 2.45) is 0 Å². The van der Waals surface area contributed by atoms with Gasteiger partial charge in [0.15, 0.2) is 0 Å². The number of aryl methyl sites for hydroxylation is 1. The molecule has 0 atom stereocenters. The van der Waals surface area contributed by atoms with Crippen LogP contribution in [-0.2, 0) is 17.6 Å². The van der Waals surface area contributed by atoms with Gasteiger partial charge in [0.25, 0.3) is 5.69 Å². The maximum Gasteiger partial charge on any atom is 0.269 e. The minimum absolute atomic E-state index is 0.0929. The van der Waals surface area contributed by atoms with E-state index in [1.54, 1.807) is 19.1 Å². The molecule has 30 heavy (non-hydrogen) atoms. The molecule has 0 radical (unpaired) electrons. The summed E-state index contributed by atoms with van der Waals surface area (Å²) in [6, 6.07) is 6.71. The highest BCUT2D eigenvalue weighted by molar-refractivity contribution is 5.73. The zero-order valence-electron chi connectivity index (χ0n) is 17.5. The summed E-state index contributed by atoms with van der Waals surface area (Å²) in [7, 11) is 0. The first kappa shape index (κ1) is 20.3. The smallest absolute Gasteiger partial charge is 0.269 e. The Morgan fingerprint density at radius 2 is 1.80 bits per heavy atom. The molecule has 4 rings (SSSR count). The molecule has 8 heteroatoms. The third-order valence-corrected chi connectivity index (χ3v) is 5.92. The Kier molecular flexibility index (Phi) is 5.65. The lowest BCUT2D eigenvalue weighted by Crippen LogP contribution is -2.48. The minimum Gasteiger partial charge on any atom is -0.353 e. The number of hydrogen-bond acceptors (Lipinski definition) is 6. The van der Waals surface area contributed by atoms with Crippen LogP contribution in [0.1, 0.15) is 55.3 Å². The van der Waals surface area contributed by atoms with Crippen molar-refractivity contribution in [1.29, 1.82) is 0 Å². The maximum atomic E-state index is 11.7. The van der Waals surface area contributed by atoms with E-state index < -0.39 is 0 Å². The number of anilines is 1. The molecule has 1 aromatic carbocycles. The Morgan fingerprint density at radius 3 is 2.33 bits per heavy atom. The van der Waals surface area contributed by atoms with Crippen LogP contribution in [0.3, 0.4) is 0 Å². The van der Waals surface area contributed by atoms with Crippen LogP contribution in [0.4, 0.5) is 11.5 Å². The van der Waals surface area contributed by atoms with Crippen LogP contribution in [0.5, 0.6) is 0 Å². The Hall–Kier alpha value is -3.03. The van der Waals surface area contributed by atoms with E-state index in [1.165, 1.54) is 0 Å². The first-order chi connectivity index (χ1) is 14.5. The van der Waals surface area contributed by atoms with Crippen molar-refractivity contribution in [3.05, 3.63) is 57.0 Å². The second-order valence-electron chi connectivity index (χ2n) is 8.05. The normalized spacial score (nSPS) is 16.6. The predicted octanol–water partition coefficient (Wildman–Crippen LogP) is 3.08. The Bertz CT molecular complexity index is 948. The molecule has 1 aliphatic heterocycles. The zero-order valence-corrected chi connectivity index (χ0v) is 17.5. The van der Waals surface area contributed by atoms with E-state index in [1.807, 2.05) is 17.0 Å². The third kappa shape index (κ3) is 4.27. The fourth-order valence-electron chi connectivity index (χ4n) is 3.97. The lowest BCUT2D eigenvalue weighted by molar-refractivity contribution is -0.384. The molecular formula is C22H27N5O3. The van der Waals surface area contributed by atoms with Crippen molar-refractivity contribution in [3.8, 4) is 0 Å². The van der Waals surface area contributed by atoms with Gasteiger partial charge in [-0.3, -0.25) is 14.9 Å². The van der Waals surface area contributed by atoms with Gasteiger partial charge in [-0.2, -0.15) is 0 Å². The second kappa shape index (κ2) is 8.38. The number of carbonyl (C=O) groups is 1. The van der Waals surface area contributed by atoms with Gasteiger partial charge in [-0.15, -0.1) is 0 Å². The van der Waals surface area contributed by atoms with E-state index in [2.05, 4.69) is 11.8 Å². The van der Waals surface area contributed by atoms with E-state index in [-0.39, 0.29) is 16.5 Å². The van der Waals surface area contributed by atoms with Crippen molar-refractivity contribution in [1.82, 2.24) is 14.9 Å². The number of hydrogen-bond donors (Lipinski definition) is 0. The van der Waals surface area contributed by atoms with Gasteiger partial charge in [0.1, 0.15) is 11.6 Å². The van der Waals surface area contributed by atoms with Gasteiger partial charge >= 0.3 is 0 Å². The van der Waals surface area contributed by atoms with Gasteiger partial charge in [0.05, 0.1) is 4.92 Å². The van der Waals surface area contributed by atoms with Gasteiger partial charge < -0.3 is 9.80 Å². The SMILES string of the molecule is CCc1nc(C2CC2)nc(N2CCN(C(C)=O)CC2)c1Cc1ccc([N+](=O)[O-])cc1. The molecule has 1 saturated carbocycles. The molecule has 8 nitrogen and oxygen atoms in total. The largest absolute Gasteiger partial charge is 0.353 e. The number of non-ortho nitro benzene ring substituents is 1. The van der Waals surface area contributed by atoms with Crippen molar-refractivity contribution in [2.75, 3.05) is 31.1 Å². The number of amides is 1. The molecule has 158 valence electrons. The summed E-state index contributed by atoms with van der Waals surface area (Å²) in [5.74, 6) is 2.46. The first-order valence-electron chi connectivity index (χ1n) is 10.6. The zero-order chi connectivity index (χ0) is 21.3. The van der Waals surface area contributed by atoms with Crippen molar-refractivity contribution < 1.29 is 9.72 Å². The molecule has 0 spiro atoms. The topological polar surface area (TPSA) is 92.5 Å². The summed E-state index contributed by atoms with van der Waals surface area (Å²) in [5, 5.41) is 11.0. The highest BCUT2D eigenvalue weighted by atomic mass is 16.6. The quantitative estimate of drug-likeness (QED) is 0.538. The molecule has 1 amide bonds. The Labute approximate surface area is 176 Å². The van der Waals surface area contributed by atoms with E-state index in [9.17, 15) is 14.9 Å². The summed E-state index contributed by atoms with van der Waals surface area (Å²) in [6.45, 7) is 6.60. The lowest BCUT2D eigenvalue weighted by Gasteiger charge is -2.36. The molecular weight excluding hydrogens is 382 g/mol. The molecule has 1 aromatic heterocycles. The number of nitro groups is 1. The maximum absolute atomic E-state index is 11.7. The highest BCUT2D eigenvalue weighted by Gasteiger charge is 2.30. The summed E-state index contributed by atoms with van der Waals surface area (Å²) in [5.41, 5.74) is 3.23. The average molecular weight is 409 g/mol. The molecule has 2 fully saturated rings. The van der Waals surface area contributed by atoms with Crippen LogP contribution in [0.25, 0.3) is 0 Å². The number of rotatable bonds is 6. The number of nitrogens with zero attached hydrogens (tertiary/aromatic N) is 5. The Morgan fingerprint density at radius 1 is 1.13 bits per heavy atom.